The van der Waals surface area contributed by atoms with Crippen LogP contribution in [0.5, 0.6) is 5.75 Å². The zero-order valence-electron chi connectivity index (χ0n) is 15.4. The highest BCUT2D eigenvalue weighted by Crippen LogP contribution is 2.29. The van der Waals surface area contributed by atoms with Crippen molar-refractivity contribution in [3.05, 3.63) is 65.9 Å². The molecule has 0 bridgehead atoms. The summed E-state index contributed by atoms with van der Waals surface area (Å²) in [7, 11) is 1.39. The average molecular weight is 383 g/mol. The topological polar surface area (TPSA) is 45.7 Å². The van der Waals surface area contributed by atoms with Crippen molar-refractivity contribution in [2.75, 3.05) is 38.2 Å². The number of piperazine rings is 1. The molecule has 5 nitrogen and oxygen atoms in total. The van der Waals surface area contributed by atoms with Crippen molar-refractivity contribution in [3.63, 3.8) is 0 Å². The molecular formula is C21H19F2N3O2. The number of halogens is 2. The van der Waals surface area contributed by atoms with Gasteiger partial charge in [0.1, 0.15) is 22.8 Å². The van der Waals surface area contributed by atoms with Gasteiger partial charge < -0.3 is 14.5 Å². The molecule has 0 saturated carbocycles. The number of nitrogens with zero attached hydrogens (tertiary/aromatic N) is 3. The number of aromatic nitrogens is 1. The molecule has 0 unspecified atom stereocenters. The van der Waals surface area contributed by atoms with Crippen LogP contribution < -0.4 is 9.64 Å². The molecule has 0 aliphatic carbocycles. The number of methoxy groups -OCH3 is 1. The van der Waals surface area contributed by atoms with Crippen LogP contribution in [0.25, 0.3) is 10.9 Å². The third-order valence-electron chi connectivity index (χ3n) is 4.92. The second-order valence-corrected chi connectivity index (χ2v) is 6.61. The molecule has 28 heavy (non-hydrogen) atoms. The van der Waals surface area contributed by atoms with Crippen molar-refractivity contribution in [1.29, 1.82) is 0 Å². The molecule has 2 heterocycles. The summed E-state index contributed by atoms with van der Waals surface area (Å²) in [5.41, 5.74) is 1.12. The summed E-state index contributed by atoms with van der Waals surface area (Å²) in [6.45, 7) is 2.45. The fraction of sp³-hybridized carbons (Fsp3) is 0.238. The molecule has 1 fully saturated rings. The van der Waals surface area contributed by atoms with Crippen LogP contribution in [0.1, 0.15) is 10.5 Å². The van der Waals surface area contributed by atoms with Crippen LogP contribution in [-0.2, 0) is 0 Å². The van der Waals surface area contributed by atoms with E-state index >= 15 is 0 Å². The molecule has 0 atom stereocenters. The minimum Gasteiger partial charge on any atom is -0.496 e. The summed E-state index contributed by atoms with van der Waals surface area (Å²) < 4.78 is 33.0. The van der Waals surface area contributed by atoms with Crippen LogP contribution in [-0.4, -0.2) is 49.1 Å². The Kier molecular flexibility index (Phi) is 4.81. The van der Waals surface area contributed by atoms with Gasteiger partial charge in [-0.2, -0.15) is 0 Å². The lowest BCUT2D eigenvalue weighted by molar-refractivity contribution is 0.0741. The highest BCUT2D eigenvalue weighted by Gasteiger charge is 2.25. The van der Waals surface area contributed by atoms with Crippen LogP contribution in [0.2, 0.25) is 0 Å². The Bertz CT molecular complexity index is 1020. The molecule has 1 aliphatic rings. The van der Waals surface area contributed by atoms with E-state index in [4.69, 9.17) is 4.74 Å². The Morgan fingerprint density at radius 1 is 1.04 bits per heavy atom. The summed E-state index contributed by atoms with van der Waals surface area (Å²) in [5, 5.41) is 0.199. The second kappa shape index (κ2) is 7.42. The molecule has 7 heteroatoms. The number of fused-ring (bicyclic) bond motifs is 1. The number of anilines is 1. The summed E-state index contributed by atoms with van der Waals surface area (Å²) in [4.78, 5) is 21.0. The van der Waals surface area contributed by atoms with Gasteiger partial charge in [-0.3, -0.25) is 4.79 Å². The van der Waals surface area contributed by atoms with Crippen molar-refractivity contribution < 1.29 is 18.3 Å². The second-order valence-electron chi connectivity index (χ2n) is 6.61. The zero-order valence-corrected chi connectivity index (χ0v) is 15.4. The maximum Gasteiger partial charge on any atom is 0.272 e. The molecule has 3 aromatic rings. The monoisotopic (exact) mass is 383 g/mol. The molecule has 1 amide bonds. The number of rotatable bonds is 3. The Morgan fingerprint density at radius 2 is 1.75 bits per heavy atom. The molecule has 1 aromatic heterocycles. The highest BCUT2D eigenvalue weighted by molar-refractivity contribution is 5.97. The minimum atomic E-state index is -0.822. The van der Waals surface area contributed by atoms with E-state index in [0.29, 0.717) is 26.2 Å². The van der Waals surface area contributed by atoms with E-state index in [1.54, 1.807) is 4.90 Å². The first-order chi connectivity index (χ1) is 13.6. The van der Waals surface area contributed by atoms with E-state index in [0.717, 1.165) is 17.8 Å². The van der Waals surface area contributed by atoms with E-state index in [-0.39, 0.29) is 28.3 Å². The number of carbonyl (C=O) groups excluding carboxylic acids is 1. The summed E-state index contributed by atoms with van der Waals surface area (Å²) in [6, 6.07) is 13.3. The van der Waals surface area contributed by atoms with Gasteiger partial charge in [0.2, 0.25) is 0 Å². The quantitative estimate of drug-likeness (QED) is 0.695. The van der Waals surface area contributed by atoms with Gasteiger partial charge in [0.25, 0.3) is 5.91 Å². The van der Waals surface area contributed by atoms with Crippen LogP contribution in [0.4, 0.5) is 14.5 Å². The molecule has 1 saturated heterocycles. The number of hydrogen-bond acceptors (Lipinski definition) is 4. The summed E-state index contributed by atoms with van der Waals surface area (Å²) in [6.07, 6.45) is 0. The number of benzene rings is 2. The van der Waals surface area contributed by atoms with Crippen LogP contribution in [0, 0.1) is 11.6 Å². The Labute approximate surface area is 161 Å². The number of para-hydroxylation sites is 1. The molecule has 144 valence electrons. The predicted octanol–water partition coefficient (Wildman–Crippen LogP) is 3.48. The third kappa shape index (κ3) is 3.35. The first kappa shape index (κ1) is 18.2. The normalized spacial score (nSPS) is 14.4. The van der Waals surface area contributed by atoms with Gasteiger partial charge in [-0.1, -0.05) is 18.2 Å². The molecule has 0 N–H and O–H groups in total. The number of carbonyl (C=O) groups is 1. The standard InChI is InChI=1S/C21H19F2N3O2/c1-28-19-13-18(24-20-16(19)11-14(22)12-17(20)23)21(27)26-9-7-25(8-10-26)15-5-3-2-4-6-15/h2-6,11-13H,7-10H2,1H3. The first-order valence-electron chi connectivity index (χ1n) is 9.00. The lowest BCUT2D eigenvalue weighted by atomic mass is 10.1. The van der Waals surface area contributed by atoms with Gasteiger partial charge in [0.15, 0.2) is 5.82 Å². The average Bonchev–Trinajstić information content (AvgIpc) is 2.73. The molecule has 0 radical (unpaired) electrons. The van der Waals surface area contributed by atoms with Crippen LogP contribution in [0.15, 0.2) is 48.5 Å². The number of amides is 1. The Hall–Kier alpha value is -3.22. The molecule has 4 rings (SSSR count). The smallest absolute Gasteiger partial charge is 0.272 e. The van der Waals surface area contributed by atoms with Gasteiger partial charge >= 0.3 is 0 Å². The van der Waals surface area contributed by atoms with E-state index in [1.165, 1.54) is 13.2 Å². The number of ether oxygens (including phenoxy) is 1. The fourth-order valence-electron chi connectivity index (χ4n) is 3.47. The lowest BCUT2D eigenvalue weighted by Crippen LogP contribution is -2.49. The van der Waals surface area contributed by atoms with Gasteiger partial charge in [0, 0.05) is 49.4 Å². The predicted molar refractivity (Wildman–Crippen MR) is 103 cm³/mol. The van der Waals surface area contributed by atoms with Gasteiger partial charge in [0.05, 0.1) is 7.11 Å². The SMILES string of the molecule is COc1cc(C(=O)N2CCN(c3ccccc3)CC2)nc2c(F)cc(F)cc12. The van der Waals surface area contributed by atoms with Crippen molar-refractivity contribution in [2.45, 2.75) is 0 Å². The van der Waals surface area contributed by atoms with Crippen LogP contribution in [0.3, 0.4) is 0 Å². The number of pyridine rings is 1. The highest BCUT2D eigenvalue weighted by atomic mass is 19.1. The van der Waals surface area contributed by atoms with Gasteiger partial charge in [-0.05, 0) is 18.2 Å². The first-order valence-corrected chi connectivity index (χ1v) is 9.00. The summed E-state index contributed by atoms with van der Waals surface area (Å²) >= 11 is 0. The Balaban J connectivity index is 1.58. The van der Waals surface area contributed by atoms with Gasteiger partial charge in [-0.15, -0.1) is 0 Å². The molecule has 0 spiro atoms. The third-order valence-corrected chi connectivity index (χ3v) is 4.92. The zero-order chi connectivity index (χ0) is 19.7. The van der Waals surface area contributed by atoms with E-state index in [9.17, 15) is 13.6 Å². The Morgan fingerprint density at radius 3 is 2.43 bits per heavy atom. The van der Waals surface area contributed by atoms with Crippen molar-refractivity contribution in [1.82, 2.24) is 9.88 Å². The molecule has 2 aromatic carbocycles. The molecular weight excluding hydrogens is 364 g/mol. The van der Waals surface area contributed by atoms with E-state index in [1.807, 2.05) is 30.3 Å². The summed E-state index contributed by atoms with van der Waals surface area (Å²) in [5.74, 6) is -1.62. The van der Waals surface area contributed by atoms with Crippen molar-refractivity contribution in [3.8, 4) is 5.75 Å². The maximum absolute atomic E-state index is 14.2. The van der Waals surface area contributed by atoms with Gasteiger partial charge in [-0.25, -0.2) is 13.8 Å². The lowest BCUT2D eigenvalue weighted by Gasteiger charge is -2.36. The largest absolute Gasteiger partial charge is 0.496 e. The molecule has 1 aliphatic heterocycles. The fourth-order valence-corrected chi connectivity index (χ4v) is 3.47. The maximum atomic E-state index is 14.2. The van der Waals surface area contributed by atoms with E-state index < -0.39 is 11.6 Å². The van der Waals surface area contributed by atoms with Crippen molar-refractivity contribution in [2.24, 2.45) is 0 Å². The minimum absolute atomic E-state index is 0.0768. The number of hydrogen-bond donors (Lipinski definition) is 0. The van der Waals surface area contributed by atoms with E-state index in [2.05, 4.69) is 9.88 Å². The van der Waals surface area contributed by atoms with Crippen LogP contribution >= 0.6 is 0 Å². The van der Waals surface area contributed by atoms with Crippen molar-refractivity contribution >= 4 is 22.5 Å².